The highest BCUT2D eigenvalue weighted by molar-refractivity contribution is 6.38. The molecule has 4 nitrogen and oxygen atoms in total. The maximum absolute atomic E-state index is 6.14. The van der Waals surface area contributed by atoms with E-state index in [4.69, 9.17) is 39.5 Å². The number of rotatable bonds is 4. The Morgan fingerprint density at radius 1 is 1.05 bits per heavy atom. The van der Waals surface area contributed by atoms with Crippen molar-refractivity contribution in [2.45, 2.75) is 0 Å². The van der Waals surface area contributed by atoms with Crippen molar-refractivity contribution in [1.82, 2.24) is 9.97 Å². The van der Waals surface area contributed by atoms with Crippen molar-refractivity contribution in [2.24, 2.45) is 0 Å². The molecule has 1 aromatic carbocycles. The van der Waals surface area contributed by atoms with E-state index in [-0.39, 0.29) is 17.0 Å². The van der Waals surface area contributed by atoms with E-state index >= 15 is 0 Å². The smallest absolute Gasteiger partial charge is 0.227 e. The zero-order chi connectivity index (χ0) is 13.8. The van der Waals surface area contributed by atoms with Crippen LogP contribution in [0.2, 0.25) is 15.3 Å². The molecule has 1 N–H and O–H groups in total. The molecule has 2 rings (SSSR count). The highest BCUT2D eigenvalue weighted by atomic mass is 35.5. The SMILES string of the molecule is COCNc1nc(Cl)c(-c2ccc(Cl)cc2)c(Cl)n1. The fourth-order valence-electron chi connectivity index (χ4n) is 1.48. The molecule has 100 valence electrons. The van der Waals surface area contributed by atoms with Gasteiger partial charge in [0, 0.05) is 12.1 Å². The highest BCUT2D eigenvalue weighted by Gasteiger charge is 2.13. The van der Waals surface area contributed by atoms with Crippen molar-refractivity contribution in [3.05, 3.63) is 39.6 Å². The highest BCUT2D eigenvalue weighted by Crippen LogP contribution is 2.33. The van der Waals surface area contributed by atoms with E-state index in [1.54, 1.807) is 31.4 Å². The first-order valence-corrected chi connectivity index (χ1v) is 6.47. The lowest BCUT2D eigenvalue weighted by Gasteiger charge is -2.09. The summed E-state index contributed by atoms with van der Waals surface area (Å²) in [4.78, 5) is 8.23. The quantitative estimate of drug-likeness (QED) is 0.680. The molecule has 0 spiro atoms. The lowest BCUT2D eigenvalue weighted by atomic mass is 10.1. The number of ether oxygens (including phenoxy) is 1. The molecule has 0 aliphatic carbocycles. The van der Waals surface area contributed by atoms with Crippen molar-refractivity contribution in [2.75, 3.05) is 19.2 Å². The molecule has 19 heavy (non-hydrogen) atoms. The number of nitrogens with zero attached hydrogens (tertiary/aromatic N) is 2. The first kappa shape index (κ1) is 14.3. The Bertz CT molecular complexity index is 552. The van der Waals surface area contributed by atoms with E-state index in [2.05, 4.69) is 15.3 Å². The second-order valence-electron chi connectivity index (χ2n) is 3.62. The third kappa shape index (κ3) is 3.48. The summed E-state index contributed by atoms with van der Waals surface area (Å²) in [5, 5.41) is 3.99. The summed E-state index contributed by atoms with van der Waals surface area (Å²) >= 11 is 18.1. The Morgan fingerprint density at radius 3 is 2.16 bits per heavy atom. The summed E-state index contributed by atoms with van der Waals surface area (Å²) in [7, 11) is 1.55. The number of methoxy groups -OCH3 is 1. The Balaban J connectivity index is 2.38. The molecule has 0 radical (unpaired) electrons. The molecule has 7 heteroatoms. The Morgan fingerprint density at radius 2 is 1.63 bits per heavy atom. The molecule has 0 fully saturated rings. The van der Waals surface area contributed by atoms with Crippen LogP contribution >= 0.6 is 34.8 Å². The van der Waals surface area contributed by atoms with Gasteiger partial charge in [-0.15, -0.1) is 0 Å². The van der Waals surface area contributed by atoms with Gasteiger partial charge in [0.05, 0.1) is 5.56 Å². The molecule has 1 heterocycles. The number of halogens is 3. The molecule has 0 saturated carbocycles. The molecular weight excluding hydrogens is 309 g/mol. The summed E-state index contributed by atoms with van der Waals surface area (Å²) < 4.78 is 4.86. The number of anilines is 1. The largest absolute Gasteiger partial charge is 0.364 e. The van der Waals surface area contributed by atoms with Gasteiger partial charge in [-0.2, -0.15) is 0 Å². The molecule has 0 amide bonds. The maximum atomic E-state index is 6.14. The number of hydrogen-bond acceptors (Lipinski definition) is 4. The van der Waals surface area contributed by atoms with Gasteiger partial charge in [-0.1, -0.05) is 46.9 Å². The van der Waals surface area contributed by atoms with E-state index in [1.165, 1.54) is 0 Å². The molecule has 2 aromatic rings. The van der Waals surface area contributed by atoms with Gasteiger partial charge in [0.2, 0.25) is 5.95 Å². The number of hydrogen-bond donors (Lipinski definition) is 1. The van der Waals surface area contributed by atoms with Crippen LogP contribution in [0, 0.1) is 0 Å². The van der Waals surface area contributed by atoms with Crippen LogP contribution in [0.25, 0.3) is 11.1 Å². The predicted octanol–water partition coefficient (Wildman–Crippen LogP) is 4.12. The molecule has 0 bridgehead atoms. The summed E-state index contributed by atoms with van der Waals surface area (Å²) in [5.74, 6) is 0.314. The van der Waals surface area contributed by atoms with Gasteiger partial charge in [0.15, 0.2) is 0 Å². The molecule has 0 unspecified atom stereocenters. The topological polar surface area (TPSA) is 47.0 Å². The van der Waals surface area contributed by atoms with Crippen LogP contribution in [0.5, 0.6) is 0 Å². The Labute approximate surface area is 125 Å². The number of aromatic nitrogens is 2. The van der Waals surface area contributed by atoms with Gasteiger partial charge >= 0.3 is 0 Å². The molecule has 0 saturated heterocycles. The molecule has 1 aromatic heterocycles. The summed E-state index contributed by atoms with van der Waals surface area (Å²) in [5.41, 5.74) is 1.38. The van der Waals surface area contributed by atoms with Crippen molar-refractivity contribution in [3.8, 4) is 11.1 Å². The Hall–Kier alpha value is -1.07. The summed E-state index contributed by atoms with van der Waals surface area (Å²) in [6, 6.07) is 7.11. The van der Waals surface area contributed by atoms with Crippen LogP contribution in [0.4, 0.5) is 5.95 Å². The van der Waals surface area contributed by atoms with E-state index in [9.17, 15) is 0 Å². The zero-order valence-electron chi connectivity index (χ0n) is 9.95. The van der Waals surface area contributed by atoms with Crippen molar-refractivity contribution >= 4 is 40.8 Å². The van der Waals surface area contributed by atoms with Crippen LogP contribution in [0.1, 0.15) is 0 Å². The van der Waals surface area contributed by atoms with Gasteiger partial charge < -0.3 is 10.1 Å². The lowest BCUT2D eigenvalue weighted by molar-refractivity contribution is 0.220. The average Bonchev–Trinajstić information content (AvgIpc) is 2.38. The average molecular weight is 319 g/mol. The van der Waals surface area contributed by atoms with Crippen molar-refractivity contribution in [3.63, 3.8) is 0 Å². The van der Waals surface area contributed by atoms with Gasteiger partial charge in [-0.3, -0.25) is 0 Å². The number of benzene rings is 1. The Kier molecular flexibility index (Phi) is 4.82. The van der Waals surface area contributed by atoms with Crippen LogP contribution in [-0.4, -0.2) is 23.8 Å². The fraction of sp³-hybridized carbons (Fsp3) is 0.167. The molecule has 0 aliphatic rings. The van der Waals surface area contributed by atoms with Crippen LogP contribution in [0.3, 0.4) is 0 Å². The van der Waals surface area contributed by atoms with E-state index in [0.29, 0.717) is 16.5 Å². The predicted molar refractivity (Wildman–Crippen MR) is 78.0 cm³/mol. The standard InChI is InChI=1S/C12H10Cl3N3O/c1-19-6-16-12-17-10(14)9(11(15)18-12)7-2-4-8(13)5-3-7/h2-5H,6H2,1H3,(H,16,17,18). The third-order valence-corrected chi connectivity index (χ3v) is 3.13. The van der Waals surface area contributed by atoms with Crippen LogP contribution in [-0.2, 0) is 4.74 Å². The van der Waals surface area contributed by atoms with Crippen LogP contribution in [0.15, 0.2) is 24.3 Å². The van der Waals surface area contributed by atoms with Gasteiger partial charge in [-0.05, 0) is 17.7 Å². The second-order valence-corrected chi connectivity index (χ2v) is 4.77. The van der Waals surface area contributed by atoms with E-state index < -0.39 is 0 Å². The zero-order valence-corrected chi connectivity index (χ0v) is 12.2. The van der Waals surface area contributed by atoms with Gasteiger partial charge in [0.1, 0.15) is 17.0 Å². The normalized spacial score (nSPS) is 10.5. The monoisotopic (exact) mass is 317 g/mol. The minimum absolute atomic E-state index is 0.265. The van der Waals surface area contributed by atoms with E-state index in [0.717, 1.165) is 5.56 Å². The summed E-state index contributed by atoms with van der Waals surface area (Å²) in [6.07, 6.45) is 0. The van der Waals surface area contributed by atoms with Crippen molar-refractivity contribution < 1.29 is 4.74 Å². The second kappa shape index (κ2) is 6.39. The first-order chi connectivity index (χ1) is 9.11. The molecule has 0 aliphatic heterocycles. The minimum atomic E-state index is 0.265. The van der Waals surface area contributed by atoms with Gasteiger partial charge in [0.25, 0.3) is 0 Å². The minimum Gasteiger partial charge on any atom is -0.364 e. The first-order valence-electron chi connectivity index (χ1n) is 5.33. The molecule has 0 atom stereocenters. The van der Waals surface area contributed by atoms with Gasteiger partial charge in [-0.25, -0.2) is 9.97 Å². The lowest BCUT2D eigenvalue weighted by Crippen LogP contribution is -2.07. The fourth-order valence-corrected chi connectivity index (χ4v) is 2.21. The molecular formula is C12H10Cl3N3O. The van der Waals surface area contributed by atoms with E-state index in [1.807, 2.05) is 0 Å². The van der Waals surface area contributed by atoms with Crippen LogP contribution < -0.4 is 5.32 Å². The third-order valence-electron chi connectivity index (χ3n) is 2.33. The number of nitrogens with one attached hydrogen (secondary N) is 1. The summed E-state index contributed by atoms with van der Waals surface area (Å²) in [6.45, 7) is 0.271. The van der Waals surface area contributed by atoms with Crippen molar-refractivity contribution in [1.29, 1.82) is 0 Å². The maximum Gasteiger partial charge on any atom is 0.227 e.